The molecule has 1 saturated heterocycles. The van der Waals surface area contributed by atoms with Crippen LogP contribution in [0.4, 0.5) is 0 Å². The average Bonchev–Trinajstić information content (AvgIpc) is 2.41. The molecule has 0 aromatic rings. The summed E-state index contributed by atoms with van der Waals surface area (Å²) in [5, 5.41) is 0. The van der Waals surface area contributed by atoms with Gasteiger partial charge >= 0.3 is 0 Å². The van der Waals surface area contributed by atoms with Gasteiger partial charge in [0.2, 0.25) is 0 Å². The van der Waals surface area contributed by atoms with Gasteiger partial charge in [0.25, 0.3) is 0 Å². The van der Waals surface area contributed by atoms with E-state index in [-0.39, 0.29) is 0 Å². The van der Waals surface area contributed by atoms with Crippen molar-refractivity contribution in [3.8, 4) is 0 Å². The van der Waals surface area contributed by atoms with Crippen LogP contribution in [0.2, 0.25) is 0 Å². The zero-order chi connectivity index (χ0) is 11.8. The Morgan fingerprint density at radius 2 is 2.12 bits per heavy atom. The highest BCUT2D eigenvalue weighted by molar-refractivity contribution is 8.76. The molecule has 0 unspecified atom stereocenters. The van der Waals surface area contributed by atoms with Gasteiger partial charge in [0.05, 0.1) is 13.2 Å². The summed E-state index contributed by atoms with van der Waals surface area (Å²) < 4.78 is 5.34. The fourth-order valence-corrected chi connectivity index (χ4v) is 4.15. The minimum atomic E-state index is 0.914. The van der Waals surface area contributed by atoms with E-state index in [4.69, 9.17) is 4.74 Å². The van der Waals surface area contributed by atoms with Crippen LogP contribution in [-0.2, 0) is 4.74 Å². The van der Waals surface area contributed by atoms with Gasteiger partial charge in [-0.25, -0.2) is 0 Å². The zero-order valence-electron chi connectivity index (χ0n) is 10.3. The summed E-state index contributed by atoms with van der Waals surface area (Å²) in [4.78, 5) is 2.50. The van der Waals surface area contributed by atoms with Gasteiger partial charge in [-0.3, -0.25) is 4.90 Å². The van der Waals surface area contributed by atoms with Crippen LogP contribution in [0.25, 0.3) is 0 Å². The van der Waals surface area contributed by atoms with Gasteiger partial charge in [0.15, 0.2) is 0 Å². The van der Waals surface area contributed by atoms with Crippen LogP contribution < -0.4 is 0 Å². The minimum Gasteiger partial charge on any atom is -0.379 e. The third-order valence-corrected chi connectivity index (χ3v) is 5.38. The molecule has 96 valence electrons. The fraction of sp³-hybridized carbons (Fsp3) is 0.692. The van der Waals surface area contributed by atoms with E-state index in [2.05, 4.69) is 23.1 Å². The summed E-state index contributed by atoms with van der Waals surface area (Å²) in [7, 11) is 4.01. The van der Waals surface area contributed by atoms with Gasteiger partial charge < -0.3 is 4.74 Å². The van der Waals surface area contributed by atoms with E-state index in [0.717, 1.165) is 26.3 Å². The monoisotopic (exact) mass is 271 g/mol. The molecule has 0 radical (unpaired) electrons. The Bertz CT molecular complexity index is 273. The van der Waals surface area contributed by atoms with Gasteiger partial charge in [0, 0.05) is 31.1 Å². The predicted molar refractivity (Wildman–Crippen MR) is 78.6 cm³/mol. The molecule has 0 aromatic heterocycles. The van der Waals surface area contributed by atoms with Crippen LogP contribution in [-0.4, -0.2) is 49.3 Å². The predicted octanol–water partition coefficient (Wildman–Crippen LogP) is 2.98. The first-order valence-corrected chi connectivity index (χ1v) is 8.83. The summed E-state index contributed by atoms with van der Waals surface area (Å²) in [5.74, 6) is 2.42. The molecule has 1 aliphatic carbocycles. The molecule has 0 spiro atoms. The van der Waals surface area contributed by atoms with Crippen molar-refractivity contribution in [1.29, 1.82) is 0 Å². The molecule has 0 aromatic carbocycles. The molecular weight excluding hydrogens is 250 g/mol. The van der Waals surface area contributed by atoms with E-state index in [1.54, 1.807) is 5.57 Å². The van der Waals surface area contributed by atoms with Crippen molar-refractivity contribution in [3.63, 3.8) is 0 Å². The van der Waals surface area contributed by atoms with E-state index in [9.17, 15) is 0 Å². The third kappa shape index (κ3) is 5.51. The van der Waals surface area contributed by atoms with Crippen LogP contribution in [0.1, 0.15) is 12.8 Å². The van der Waals surface area contributed by atoms with Crippen LogP contribution in [0, 0.1) is 0 Å². The fourth-order valence-electron chi connectivity index (χ4n) is 1.94. The van der Waals surface area contributed by atoms with E-state index >= 15 is 0 Å². The van der Waals surface area contributed by atoms with Crippen LogP contribution in [0.15, 0.2) is 23.8 Å². The molecule has 2 nitrogen and oxygen atoms in total. The molecule has 1 aliphatic heterocycles. The number of nitrogens with zero attached hydrogens (tertiary/aromatic N) is 1. The second-order valence-corrected chi connectivity index (χ2v) is 6.91. The van der Waals surface area contributed by atoms with Crippen molar-refractivity contribution >= 4 is 21.6 Å². The smallest absolute Gasteiger partial charge is 0.0594 e. The van der Waals surface area contributed by atoms with E-state index < -0.39 is 0 Å². The summed E-state index contributed by atoms with van der Waals surface area (Å²) in [6.45, 7) is 5.26. The van der Waals surface area contributed by atoms with E-state index in [1.165, 1.54) is 30.9 Å². The molecular formula is C13H21NOS2. The zero-order valence-corrected chi connectivity index (χ0v) is 11.9. The molecule has 4 heteroatoms. The van der Waals surface area contributed by atoms with Crippen molar-refractivity contribution in [2.75, 3.05) is 44.4 Å². The molecule has 0 bridgehead atoms. The Balaban J connectivity index is 1.48. The number of hydrogen-bond donors (Lipinski definition) is 0. The number of rotatable bonds is 6. The highest BCUT2D eigenvalue weighted by Crippen LogP contribution is 2.26. The molecule has 0 saturated carbocycles. The topological polar surface area (TPSA) is 12.5 Å². The molecule has 2 aliphatic rings. The third-order valence-electron chi connectivity index (χ3n) is 3.02. The number of hydrogen-bond acceptors (Lipinski definition) is 4. The highest BCUT2D eigenvalue weighted by Gasteiger charge is 2.09. The normalized spacial score (nSPS) is 21.5. The maximum Gasteiger partial charge on any atom is 0.0594 e. The maximum absolute atomic E-state index is 5.34. The summed E-state index contributed by atoms with van der Waals surface area (Å²) in [6, 6.07) is 0. The van der Waals surface area contributed by atoms with Gasteiger partial charge in [0.1, 0.15) is 0 Å². The summed E-state index contributed by atoms with van der Waals surface area (Å²) in [6.07, 6.45) is 9.20. The number of ether oxygens (including phenoxy) is 1. The first kappa shape index (κ1) is 13.5. The number of morpholine rings is 1. The standard InChI is InChI=1S/C13H21NOS2/c1-2-4-13(5-3-1)12-17-16-11-8-14-6-9-15-10-7-14/h1-2,4H,3,5-12H2. The Hall–Kier alpha value is 0.1000. The van der Waals surface area contributed by atoms with Crippen LogP contribution in [0.3, 0.4) is 0 Å². The van der Waals surface area contributed by atoms with Gasteiger partial charge in [-0.2, -0.15) is 0 Å². The van der Waals surface area contributed by atoms with Gasteiger partial charge in [-0.15, -0.1) is 0 Å². The Kier molecular flexibility index (Phi) is 6.56. The highest BCUT2D eigenvalue weighted by atomic mass is 33.1. The molecule has 0 atom stereocenters. The lowest BCUT2D eigenvalue weighted by Crippen LogP contribution is -2.37. The van der Waals surface area contributed by atoms with Crippen molar-refractivity contribution in [2.24, 2.45) is 0 Å². The molecule has 2 rings (SSSR count). The van der Waals surface area contributed by atoms with Crippen molar-refractivity contribution in [1.82, 2.24) is 4.90 Å². The number of allylic oxidation sites excluding steroid dienone is 3. The Labute approximate surface area is 112 Å². The minimum absolute atomic E-state index is 0.914. The van der Waals surface area contributed by atoms with Crippen LogP contribution in [0.5, 0.6) is 0 Å². The van der Waals surface area contributed by atoms with E-state index in [1.807, 2.05) is 21.6 Å². The van der Waals surface area contributed by atoms with Gasteiger partial charge in [-0.1, -0.05) is 45.4 Å². The molecule has 0 N–H and O–H groups in total. The van der Waals surface area contributed by atoms with Crippen molar-refractivity contribution in [3.05, 3.63) is 23.8 Å². The van der Waals surface area contributed by atoms with E-state index in [0.29, 0.717) is 0 Å². The van der Waals surface area contributed by atoms with Gasteiger partial charge in [-0.05, 0) is 12.8 Å². The SMILES string of the molecule is C1=CCCC(CSSCCN2CCOCC2)=C1. The lowest BCUT2D eigenvalue weighted by atomic mass is 10.1. The summed E-state index contributed by atoms with van der Waals surface area (Å²) in [5.41, 5.74) is 1.59. The van der Waals surface area contributed by atoms with Crippen LogP contribution >= 0.6 is 21.6 Å². The van der Waals surface area contributed by atoms with Crippen molar-refractivity contribution in [2.45, 2.75) is 12.8 Å². The quantitative estimate of drug-likeness (QED) is 0.543. The second-order valence-electron chi connectivity index (χ2n) is 4.33. The largest absolute Gasteiger partial charge is 0.379 e. The lowest BCUT2D eigenvalue weighted by Gasteiger charge is -2.26. The molecule has 17 heavy (non-hydrogen) atoms. The second kappa shape index (κ2) is 8.25. The Morgan fingerprint density at radius 3 is 2.88 bits per heavy atom. The summed E-state index contributed by atoms with van der Waals surface area (Å²) >= 11 is 0. The first-order chi connectivity index (χ1) is 8.45. The molecule has 1 fully saturated rings. The molecule has 0 amide bonds. The maximum atomic E-state index is 5.34. The molecule has 1 heterocycles. The average molecular weight is 271 g/mol. The first-order valence-electron chi connectivity index (χ1n) is 6.34. The lowest BCUT2D eigenvalue weighted by molar-refractivity contribution is 0.0410. The van der Waals surface area contributed by atoms with Crippen molar-refractivity contribution < 1.29 is 4.74 Å². The Morgan fingerprint density at radius 1 is 1.24 bits per heavy atom.